The van der Waals surface area contributed by atoms with Gasteiger partial charge in [-0.2, -0.15) is 20.7 Å². The van der Waals surface area contributed by atoms with Gasteiger partial charge in [0.1, 0.15) is 34.6 Å². The molecular weight excluding hydrogens is 1000 g/mol. The van der Waals surface area contributed by atoms with Crippen molar-refractivity contribution < 1.29 is 19.0 Å². The smallest absolute Gasteiger partial charge is 0.237 e. The Morgan fingerprint density at radius 3 is 1.97 bits per heavy atom. The number of hydrogen-bond donors (Lipinski definition) is 2. The molecule has 4 aliphatic rings. The van der Waals surface area contributed by atoms with Gasteiger partial charge in [0.05, 0.1) is 55.1 Å². The number of carbonyl (C=O) groups is 1. The number of benzene rings is 2. The molecule has 0 saturated carbocycles. The topological polar surface area (TPSA) is 200 Å². The first-order valence-corrected chi connectivity index (χ1v) is 26.3. The van der Waals surface area contributed by atoms with E-state index in [0.29, 0.717) is 80.6 Å². The highest BCUT2D eigenvalue weighted by Crippen LogP contribution is 2.39. The molecule has 2 saturated heterocycles. The first kappa shape index (κ1) is 53.0. The number of amides is 1. The Kier molecular flexibility index (Phi) is 15.8. The van der Waals surface area contributed by atoms with E-state index in [-0.39, 0.29) is 35.4 Å². The summed E-state index contributed by atoms with van der Waals surface area (Å²) < 4.78 is 23.2. The van der Waals surface area contributed by atoms with Gasteiger partial charge in [-0.05, 0) is 118 Å². The van der Waals surface area contributed by atoms with Crippen molar-refractivity contribution in [3.05, 3.63) is 116 Å². The van der Waals surface area contributed by atoms with Crippen LogP contribution < -0.4 is 5.32 Å². The van der Waals surface area contributed by atoms with Gasteiger partial charge in [-0.3, -0.25) is 14.6 Å². The normalized spacial score (nSPS) is 22.5. The van der Waals surface area contributed by atoms with Crippen molar-refractivity contribution >= 4 is 74.2 Å². The Morgan fingerprint density at radius 1 is 0.892 bits per heavy atom. The van der Waals surface area contributed by atoms with Gasteiger partial charge in [0.15, 0.2) is 22.7 Å². The van der Waals surface area contributed by atoms with Gasteiger partial charge in [-0.15, -0.1) is 0 Å². The minimum absolute atomic E-state index is 0.0722. The van der Waals surface area contributed by atoms with Crippen LogP contribution in [0.15, 0.2) is 60.9 Å². The molecule has 2 aromatic carbocycles. The van der Waals surface area contributed by atoms with E-state index >= 15 is 0 Å². The van der Waals surface area contributed by atoms with Gasteiger partial charge >= 0.3 is 0 Å². The zero-order valence-corrected chi connectivity index (χ0v) is 44.5. The van der Waals surface area contributed by atoms with Gasteiger partial charge in [0, 0.05) is 46.3 Å². The van der Waals surface area contributed by atoms with Crippen LogP contribution >= 0.6 is 34.8 Å². The Labute approximate surface area is 444 Å². The van der Waals surface area contributed by atoms with Crippen molar-refractivity contribution in [2.24, 2.45) is 11.8 Å². The third-order valence-corrected chi connectivity index (χ3v) is 16.0. The molecule has 2 N–H and O–H groups in total. The largest absolute Gasteiger partial charge is 0.384 e. The number of hydrogen-bond acceptors (Lipinski definition) is 13. The summed E-state index contributed by atoms with van der Waals surface area (Å²) in [4.78, 5) is 36.1. The molecule has 0 bridgehead atoms. The molecule has 0 radical (unpaired) electrons. The molecule has 7 unspecified atom stereocenters. The lowest BCUT2D eigenvalue weighted by molar-refractivity contribution is -0.190. The zero-order valence-electron chi connectivity index (χ0n) is 42.2. The van der Waals surface area contributed by atoms with Crippen LogP contribution in [0.4, 0.5) is 4.39 Å². The number of aliphatic hydroxyl groups is 1. The summed E-state index contributed by atoms with van der Waals surface area (Å²) in [7, 11) is 1.70. The highest BCUT2D eigenvalue weighted by Gasteiger charge is 2.41. The molecule has 7 atom stereocenters. The summed E-state index contributed by atoms with van der Waals surface area (Å²) in [5.74, 6) is 0.333. The van der Waals surface area contributed by atoms with E-state index in [2.05, 4.69) is 80.3 Å². The summed E-state index contributed by atoms with van der Waals surface area (Å²) in [6.45, 7) is 13.6. The lowest BCUT2D eigenvalue weighted by Crippen LogP contribution is -2.59. The van der Waals surface area contributed by atoms with E-state index in [9.17, 15) is 24.8 Å². The number of ether oxygens (including phenoxy) is 1. The second kappa shape index (κ2) is 22.1. The second-order valence-corrected chi connectivity index (χ2v) is 21.3. The summed E-state index contributed by atoms with van der Waals surface area (Å²) in [5, 5.41) is 43.1. The van der Waals surface area contributed by atoms with Crippen LogP contribution in [-0.4, -0.2) is 124 Å². The van der Waals surface area contributed by atoms with Crippen LogP contribution in [0.1, 0.15) is 119 Å². The van der Waals surface area contributed by atoms with Crippen LogP contribution in [0.25, 0.3) is 33.5 Å². The molecule has 20 heteroatoms. The summed E-state index contributed by atoms with van der Waals surface area (Å²) in [5.41, 5.74) is 6.42. The maximum absolute atomic E-state index is 14.7. The van der Waals surface area contributed by atoms with E-state index in [1.807, 2.05) is 13.0 Å². The van der Waals surface area contributed by atoms with E-state index in [1.54, 1.807) is 60.0 Å². The molecule has 6 heterocycles. The van der Waals surface area contributed by atoms with Gasteiger partial charge < -0.3 is 15.2 Å². The molecule has 10 rings (SSSR count). The van der Waals surface area contributed by atoms with E-state index in [1.165, 1.54) is 6.07 Å². The fourth-order valence-electron chi connectivity index (χ4n) is 11.2. The number of allylic oxidation sites excluding steroid dienone is 2. The first-order valence-electron chi connectivity index (χ1n) is 25.2. The first-order chi connectivity index (χ1) is 35.5. The average Bonchev–Trinajstić information content (AvgIpc) is 4.13. The van der Waals surface area contributed by atoms with Gasteiger partial charge in [0.2, 0.25) is 5.91 Å². The number of fused-ring (bicyclic) bond motifs is 2. The third-order valence-electron chi connectivity index (χ3n) is 15.2. The number of aromatic nitrogens is 8. The van der Waals surface area contributed by atoms with Crippen LogP contribution in [0.3, 0.4) is 0 Å². The number of halogens is 4. The van der Waals surface area contributed by atoms with E-state index < -0.39 is 17.5 Å². The Morgan fingerprint density at radius 2 is 1.46 bits per heavy atom. The Bertz CT molecular complexity index is 3250. The predicted octanol–water partition coefficient (Wildman–Crippen LogP) is 9.37. The summed E-state index contributed by atoms with van der Waals surface area (Å²) in [6.07, 6.45) is 13.1. The molecule has 386 valence electrons. The third kappa shape index (κ3) is 10.5. The Balaban J connectivity index is 0.000000182. The number of nitriles is 2. The lowest BCUT2D eigenvalue weighted by atomic mass is 9.83. The molecular formula is C54H59Cl3FN13O3. The Hall–Kier alpha value is -5.89. The molecule has 2 fully saturated rings. The maximum atomic E-state index is 14.7. The van der Waals surface area contributed by atoms with Crippen LogP contribution in [0, 0.1) is 40.3 Å². The molecule has 1 amide bonds. The van der Waals surface area contributed by atoms with E-state index in [4.69, 9.17) is 49.5 Å². The molecule has 2 aliphatic heterocycles. The highest BCUT2D eigenvalue weighted by atomic mass is 35.5. The van der Waals surface area contributed by atoms with Crippen molar-refractivity contribution in [2.75, 3.05) is 39.9 Å². The lowest BCUT2D eigenvalue weighted by Gasteiger charge is -2.44. The number of carbonyl (C=O) groups excluding carboxylic acids is 1. The number of nitrogens with one attached hydrogen (secondary N) is 1. The monoisotopic (exact) mass is 1060 g/mol. The zero-order chi connectivity index (χ0) is 52.6. The quantitative estimate of drug-likeness (QED) is 0.118. The van der Waals surface area contributed by atoms with Gasteiger partial charge in [-0.1, -0.05) is 79.9 Å². The van der Waals surface area contributed by atoms with Crippen LogP contribution in [0.2, 0.25) is 15.1 Å². The maximum Gasteiger partial charge on any atom is 0.237 e. The molecule has 74 heavy (non-hydrogen) atoms. The van der Waals surface area contributed by atoms with Crippen molar-refractivity contribution in [3.63, 3.8) is 0 Å². The van der Waals surface area contributed by atoms with Crippen molar-refractivity contribution in [3.8, 4) is 12.1 Å². The van der Waals surface area contributed by atoms with E-state index in [0.717, 1.165) is 79.7 Å². The SMILES string of the molecule is CCN(CC1(O)COC1)C1CC=C(c2cnc3c(C#N)nn(C(C)c4ccc(Cl)cc4Cl)c3n2)CC1C.CNC(=O)C1CCCN1C1CC=C(c2cnc3c(C#N)nn(C(C)c4ccc(Cl)cc4F)c3n2)CC1C. The molecule has 2 aliphatic carbocycles. The van der Waals surface area contributed by atoms with Crippen LogP contribution in [0.5, 0.6) is 0 Å². The highest BCUT2D eigenvalue weighted by molar-refractivity contribution is 6.35. The van der Waals surface area contributed by atoms with Crippen molar-refractivity contribution in [1.29, 1.82) is 10.5 Å². The fraction of sp³-hybridized carbons (Fsp3) is 0.463. The van der Waals surface area contributed by atoms with Gasteiger partial charge in [-0.25, -0.2) is 33.7 Å². The minimum atomic E-state index is -0.739. The minimum Gasteiger partial charge on any atom is -0.384 e. The summed E-state index contributed by atoms with van der Waals surface area (Å²) in [6, 6.07) is 13.8. The van der Waals surface area contributed by atoms with Crippen molar-refractivity contribution in [2.45, 2.75) is 109 Å². The predicted molar refractivity (Wildman–Crippen MR) is 283 cm³/mol. The average molecular weight is 1060 g/mol. The van der Waals surface area contributed by atoms with Crippen molar-refractivity contribution in [1.82, 2.24) is 54.6 Å². The molecule has 6 aromatic rings. The second-order valence-electron chi connectivity index (χ2n) is 20.1. The van der Waals surface area contributed by atoms with Crippen LogP contribution in [-0.2, 0) is 9.53 Å². The number of likely N-dealkylation sites (tertiary alicyclic amines) is 1. The molecule has 0 spiro atoms. The number of rotatable bonds is 12. The molecule has 16 nitrogen and oxygen atoms in total. The number of nitrogens with zero attached hydrogens (tertiary/aromatic N) is 12. The van der Waals surface area contributed by atoms with Gasteiger partial charge in [0.25, 0.3) is 0 Å². The fourth-order valence-corrected chi connectivity index (χ4v) is 11.9. The standard InChI is InChI=1S/C27H30Cl2N6O2.C27H29ClFN7O/c1-4-34(13-27(36)14-37-15-27)24-8-5-18(9-16(24)2)23-12-31-25-22(11-30)33-35(26(25)32-23)17(3)20-7-6-19(28)10-21(20)29;1-15-11-17(6-9-23(15)35-10-4-5-24(35)27(37)31-3)22-14-32-25-21(13-30)34-36(26(25)33-22)16(2)19-8-7-18(28)12-20(19)29/h5-7,10,12,16-17,24,36H,4,8-9,13-15H2,1-3H3;6-8,12,14-16,23-24H,4-5,9-11H2,1-3H3,(H,31,37). The number of likely N-dealkylation sites (N-methyl/N-ethyl adjacent to an activating group) is 2. The summed E-state index contributed by atoms with van der Waals surface area (Å²) >= 11 is 18.5. The molecule has 4 aromatic heterocycles.